The molecule has 1 saturated heterocycles. The molecule has 2 amide bonds. The molecule has 2 unspecified atom stereocenters. The van der Waals surface area contributed by atoms with Crippen molar-refractivity contribution in [1.29, 1.82) is 0 Å². The molecule has 0 spiro atoms. The third-order valence-electron chi connectivity index (χ3n) is 9.92. The summed E-state index contributed by atoms with van der Waals surface area (Å²) in [6.07, 6.45) is -4.64. The monoisotopic (exact) mass is 1030 g/mol. The molecule has 0 N–H and O–H groups in total. The Morgan fingerprint density at radius 3 is 1.67 bits per heavy atom. The summed E-state index contributed by atoms with van der Waals surface area (Å²) in [5.74, 6) is -6.34. The van der Waals surface area contributed by atoms with E-state index < -0.39 is 79.9 Å². The van der Waals surface area contributed by atoms with Crippen LogP contribution in [0.2, 0.25) is 0 Å². The molecule has 0 bridgehead atoms. The highest BCUT2D eigenvalue weighted by molar-refractivity contribution is 14.1. The fraction of sp³-hybridized carbons (Fsp3) is 0.261. The number of imidazole rings is 1. The molecule has 0 saturated carbocycles. The van der Waals surface area contributed by atoms with Crippen LogP contribution in [0.4, 0.5) is 5.82 Å². The van der Waals surface area contributed by atoms with E-state index in [0.717, 1.165) is 19.1 Å². The Labute approximate surface area is 392 Å². The highest BCUT2D eigenvalue weighted by atomic mass is 127. The van der Waals surface area contributed by atoms with Gasteiger partial charge in [-0.1, -0.05) is 72.8 Å². The summed E-state index contributed by atoms with van der Waals surface area (Å²) < 4.78 is 56.1. The van der Waals surface area contributed by atoms with Crippen LogP contribution in [0.3, 0.4) is 0 Å². The fourth-order valence-corrected chi connectivity index (χ4v) is 8.45. The van der Waals surface area contributed by atoms with Crippen molar-refractivity contribution in [2.75, 3.05) is 25.7 Å². The number of imide groups is 1. The molecule has 6 aromatic rings. The average Bonchev–Trinajstić information content (AvgIpc) is 3.89. The maximum absolute atomic E-state index is 14.3. The largest absolute Gasteiger partial charge is 0.458 e. The Morgan fingerprint density at radius 2 is 1.20 bits per heavy atom. The first-order chi connectivity index (χ1) is 31.6. The lowest BCUT2D eigenvalue weighted by molar-refractivity contribution is -0.167. The molecule has 342 valence electrons. The third kappa shape index (κ3) is 10.6. The fourth-order valence-electron chi connectivity index (χ4n) is 6.88. The van der Waals surface area contributed by atoms with Crippen molar-refractivity contribution in [3.05, 3.63) is 154 Å². The van der Waals surface area contributed by atoms with E-state index in [1.807, 2.05) is 22.6 Å². The zero-order valence-electron chi connectivity index (χ0n) is 36.1. The van der Waals surface area contributed by atoms with Crippen LogP contribution in [0.25, 0.3) is 11.2 Å². The van der Waals surface area contributed by atoms with Crippen molar-refractivity contribution in [2.45, 2.75) is 56.8 Å². The Kier molecular flexibility index (Phi) is 14.8. The summed E-state index contributed by atoms with van der Waals surface area (Å²) in [7, 11) is -2.24. The minimum Gasteiger partial charge on any atom is -0.458 e. The van der Waals surface area contributed by atoms with Crippen LogP contribution in [0.5, 0.6) is 0 Å². The van der Waals surface area contributed by atoms with Crippen molar-refractivity contribution >= 4 is 76.9 Å². The van der Waals surface area contributed by atoms with E-state index in [1.54, 1.807) is 118 Å². The van der Waals surface area contributed by atoms with E-state index in [1.165, 1.54) is 35.2 Å². The second kappa shape index (κ2) is 20.5. The number of benzene rings is 4. The Hall–Kier alpha value is -6.22. The number of carbonyl (C=O) groups is 5. The van der Waals surface area contributed by atoms with E-state index in [4.69, 9.17) is 32.7 Å². The van der Waals surface area contributed by atoms with Gasteiger partial charge in [0.25, 0.3) is 17.7 Å². The van der Waals surface area contributed by atoms with Gasteiger partial charge in [0.05, 0.1) is 24.1 Å². The van der Waals surface area contributed by atoms with Crippen LogP contribution in [-0.4, -0.2) is 99.8 Å². The summed E-state index contributed by atoms with van der Waals surface area (Å²) in [6, 6.07) is 32.3. The standard InChI is InChI=1S/C46H43IN5O13P/c1-46(2,3)65-43(57)44(66(58,59-4)60-5)61-26-32-34(63-41(55)30-22-14-8-15-23-30)35(64-42(56)31-24-16-9-17-25-31)40(62-32)51-27-48-33-36(51)49-45(47)50-37(33)52(38(53)28-18-10-6-11-19-28)39(54)29-20-12-7-13-21-29/h6-25,27,32,34-35,40,44H,26H2,1-5H3/t32?,34-,35-,40-,44?/m1/s1. The molecular weight excluding hydrogens is 988 g/mol. The zero-order chi connectivity index (χ0) is 47.2. The summed E-state index contributed by atoms with van der Waals surface area (Å²) in [5.41, 5.74) is -0.461. The number of fused-ring (bicyclic) bond motifs is 1. The Bertz CT molecular complexity index is 2700. The number of anilines is 1. The molecule has 5 atom stereocenters. The topological polar surface area (TPSA) is 214 Å². The summed E-state index contributed by atoms with van der Waals surface area (Å²) >= 11 is 1.83. The van der Waals surface area contributed by atoms with Crippen LogP contribution in [0.15, 0.2) is 128 Å². The van der Waals surface area contributed by atoms with E-state index >= 15 is 0 Å². The normalized spacial score (nSPS) is 17.7. The lowest BCUT2D eigenvalue weighted by atomic mass is 10.1. The maximum Gasteiger partial charge on any atom is 0.370 e. The van der Waals surface area contributed by atoms with Crippen LogP contribution < -0.4 is 4.90 Å². The SMILES string of the molecule is COP(=O)(OC)C(OCC1O[C@@H](n2cnc3c(N(C(=O)c4ccccc4)C(=O)c4ccccc4)nc(I)nc32)[C@H](OC(=O)c2ccccc2)[C@@H]1OC(=O)c1ccccc1)C(=O)OC(C)(C)C. The molecule has 20 heteroatoms. The predicted octanol–water partition coefficient (Wildman–Crippen LogP) is 7.44. The van der Waals surface area contributed by atoms with Gasteiger partial charge in [0.1, 0.15) is 11.7 Å². The van der Waals surface area contributed by atoms with Gasteiger partial charge in [0.15, 0.2) is 39.2 Å². The van der Waals surface area contributed by atoms with Gasteiger partial charge < -0.3 is 32.7 Å². The second-order valence-electron chi connectivity index (χ2n) is 15.5. The van der Waals surface area contributed by atoms with Crippen LogP contribution in [0.1, 0.15) is 68.4 Å². The van der Waals surface area contributed by atoms with Crippen molar-refractivity contribution in [2.24, 2.45) is 0 Å². The first kappa shape index (κ1) is 47.7. The second-order valence-corrected chi connectivity index (χ2v) is 18.7. The lowest BCUT2D eigenvalue weighted by Crippen LogP contribution is -2.42. The molecule has 2 aromatic heterocycles. The van der Waals surface area contributed by atoms with Crippen LogP contribution >= 0.6 is 30.2 Å². The number of rotatable bonds is 15. The molecule has 18 nitrogen and oxygen atoms in total. The smallest absolute Gasteiger partial charge is 0.370 e. The van der Waals surface area contributed by atoms with Gasteiger partial charge in [0.2, 0.25) is 0 Å². The minimum atomic E-state index is -4.38. The van der Waals surface area contributed by atoms with E-state index in [2.05, 4.69) is 15.0 Å². The number of hydrogen-bond donors (Lipinski definition) is 0. The van der Waals surface area contributed by atoms with Gasteiger partial charge in [-0.25, -0.2) is 34.2 Å². The van der Waals surface area contributed by atoms with Crippen molar-refractivity contribution < 1.29 is 61.3 Å². The first-order valence-electron chi connectivity index (χ1n) is 20.2. The molecule has 1 fully saturated rings. The number of amides is 2. The molecule has 0 radical (unpaired) electrons. The van der Waals surface area contributed by atoms with E-state index in [9.17, 15) is 28.5 Å². The van der Waals surface area contributed by atoms with E-state index in [0.29, 0.717) is 0 Å². The zero-order valence-corrected chi connectivity index (χ0v) is 39.1. The van der Waals surface area contributed by atoms with Gasteiger partial charge in [-0.05, 0) is 69.3 Å². The lowest BCUT2D eigenvalue weighted by Gasteiger charge is -2.28. The number of ether oxygens (including phenoxy) is 5. The van der Waals surface area contributed by atoms with Gasteiger partial charge >= 0.3 is 25.5 Å². The molecule has 3 heterocycles. The van der Waals surface area contributed by atoms with Gasteiger partial charge in [-0.15, -0.1) is 0 Å². The summed E-state index contributed by atoms with van der Waals surface area (Å²) in [4.78, 5) is 84.9. The molecule has 1 aliphatic rings. The predicted molar refractivity (Wildman–Crippen MR) is 244 cm³/mol. The molecule has 7 rings (SSSR count). The molecule has 4 aromatic carbocycles. The van der Waals surface area contributed by atoms with E-state index in [-0.39, 0.29) is 43.1 Å². The number of nitrogens with zero attached hydrogens (tertiary/aromatic N) is 5. The molecular formula is C46H43IN5O13P. The highest BCUT2D eigenvalue weighted by Gasteiger charge is 2.53. The average molecular weight is 1030 g/mol. The number of hydrogen-bond acceptors (Lipinski definition) is 16. The Balaban J connectivity index is 1.36. The van der Waals surface area contributed by atoms with Crippen LogP contribution in [-0.2, 0) is 42.1 Å². The summed E-state index contributed by atoms with van der Waals surface area (Å²) in [6.45, 7) is 4.14. The highest BCUT2D eigenvalue weighted by Crippen LogP contribution is 2.53. The summed E-state index contributed by atoms with van der Waals surface area (Å²) in [5, 5.41) is 0. The van der Waals surface area contributed by atoms with Crippen molar-refractivity contribution in [1.82, 2.24) is 19.5 Å². The van der Waals surface area contributed by atoms with Crippen molar-refractivity contribution in [3.63, 3.8) is 0 Å². The third-order valence-corrected chi connectivity index (χ3v) is 12.4. The van der Waals surface area contributed by atoms with Gasteiger partial charge in [-0.2, -0.15) is 0 Å². The molecule has 66 heavy (non-hydrogen) atoms. The van der Waals surface area contributed by atoms with Crippen molar-refractivity contribution in [3.8, 4) is 0 Å². The number of halogens is 1. The number of esters is 3. The number of carbonyl (C=O) groups excluding carboxylic acids is 5. The minimum absolute atomic E-state index is 0.00601. The number of aromatic nitrogens is 4. The first-order valence-corrected chi connectivity index (χ1v) is 22.9. The quantitative estimate of drug-likeness (QED) is 0.0244. The van der Waals surface area contributed by atoms with Gasteiger partial charge in [-0.3, -0.25) is 18.7 Å². The Morgan fingerprint density at radius 1 is 0.727 bits per heavy atom. The molecule has 0 aliphatic carbocycles. The van der Waals surface area contributed by atoms with Crippen LogP contribution in [0, 0.1) is 3.83 Å². The van der Waals surface area contributed by atoms with Gasteiger partial charge in [0, 0.05) is 47.9 Å². The molecule has 1 aliphatic heterocycles. The maximum atomic E-state index is 14.3.